The Hall–Kier alpha value is -3.42. The van der Waals surface area contributed by atoms with Gasteiger partial charge in [-0.15, -0.1) is 0 Å². The van der Waals surface area contributed by atoms with E-state index in [-0.39, 0.29) is 36.8 Å². The molecule has 3 amide bonds. The molecule has 0 bridgehead atoms. The minimum Gasteiger partial charge on any atom is -0.322 e. The number of ketones is 1. The molecule has 0 unspecified atom stereocenters. The number of carbonyl (C=O) groups is 4. The van der Waals surface area contributed by atoms with E-state index in [1.165, 1.54) is 18.2 Å². The molecule has 2 aliphatic heterocycles. The quantitative estimate of drug-likeness (QED) is 0.629. The highest BCUT2D eigenvalue weighted by molar-refractivity contribution is 6.05. The van der Waals surface area contributed by atoms with Crippen LogP contribution in [0.5, 0.6) is 0 Å². The van der Waals surface area contributed by atoms with Gasteiger partial charge in [0.1, 0.15) is 6.02 Å². The van der Waals surface area contributed by atoms with E-state index in [0.29, 0.717) is 16.7 Å². The maximum Gasteiger partial charge on any atom is 0.330 e. The van der Waals surface area contributed by atoms with Crippen LogP contribution in [0.4, 0.5) is 8.78 Å². The van der Waals surface area contributed by atoms with Crippen LogP contribution in [-0.2, 0) is 38.7 Å². The second-order valence-corrected chi connectivity index (χ2v) is 10.0. The van der Waals surface area contributed by atoms with E-state index in [0.717, 1.165) is 10.5 Å². The zero-order valence-corrected chi connectivity index (χ0v) is 19.9. The number of aryl methyl sites for hydroxylation is 1. The lowest BCUT2D eigenvalue weighted by Crippen LogP contribution is -2.52. The van der Waals surface area contributed by atoms with E-state index in [9.17, 15) is 28.0 Å². The molecule has 0 aliphatic carbocycles. The third-order valence-corrected chi connectivity index (χ3v) is 6.51. The van der Waals surface area contributed by atoms with E-state index in [4.69, 9.17) is 1.37 Å². The molecule has 0 spiro atoms. The molecule has 35 heavy (non-hydrogen) atoms. The second kappa shape index (κ2) is 8.98. The average Bonchev–Trinajstić information content (AvgIpc) is 3.16. The summed E-state index contributed by atoms with van der Waals surface area (Å²) >= 11 is 0. The molecule has 0 saturated carbocycles. The fourth-order valence-electron chi connectivity index (χ4n) is 4.37. The van der Waals surface area contributed by atoms with Crippen LogP contribution in [0.1, 0.15) is 74.0 Å². The number of imide groups is 1. The van der Waals surface area contributed by atoms with Gasteiger partial charge in [-0.05, 0) is 41.0 Å². The third kappa shape index (κ3) is 4.88. The number of carbonyl (C=O) groups excluding carboxylic acids is 4. The van der Waals surface area contributed by atoms with Crippen molar-refractivity contribution in [3.8, 4) is 0 Å². The van der Waals surface area contributed by atoms with Gasteiger partial charge in [0.05, 0.1) is 1.37 Å². The van der Waals surface area contributed by atoms with Crippen molar-refractivity contribution in [1.82, 2.24) is 10.2 Å². The number of Topliss-reactive ketones (excluding diaryl/α,β-unsaturated/α-hetero) is 1. The lowest BCUT2D eigenvalue weighted by Gasteiger charge is -2.29. The van der Waals surface area contributed by atoms with Gasteiger partial charge in [0, 0.05) is 30.5 Å². The Morgan fingerprint density at radius 3 is 2.37 bits per heavy atom. The molecule has 0 radical (unpaired) electrons. The summed E-state index contributed by atoms with van der Waals surface area (Å²) in [5, 5.41) is 2.11. The van der Waals surface area contributed by atoms with Crippen LogP contribution in [0.3, 0.4) is 0 Å². The number of fused-ring (bicyclic) bond motifs is 1. The first-order valence-electron chi connectivity index (χ1n) is 12.0. The summed E-state index contributed by atoms with van der Waals surface area (Å²) < 4.78 is 38.2. The molecule has 2 aromatic rings. The first kappa shape index (κ1) is 23.3. The van der Waals surface area contributed by atoms with Crippen molar-refractivity contribution >= 4 is 23.5 Å². The van der Waals surface area contributed by atoms with Crippen LogP contribution in [-0.4, -0.2) is 34.4 Å². The highest BCUT2D eigenvalue weighted by Gasteiger charge is 2.41. The van der Waals surface area contributed by atoms with Gasteiger partial charge in [-0.25, -0.2) is 0 Å². The molecule has 1 fully saturated rings. The fraction of sp³-hybridized carbons (Fsp3) is 0.407. The molecule has 8 heteroatoms. The highest BCUT2D eigenvalue weighted by Crippen LogP contribution is 2.33. The lowest BCUT2D eigenvalue weighted by atomic mass is 9.86. The first-order chi connectivity index (χ1) is 16.7. The summed E-state index contributed by atoms with van der Waals surface area (Å²) in [6, 6.07) is 8.67. The van der Waals surface area contributed by atoms with E-state index in [1.54, 1.807) is 24.3 Å². The van der Waals surface area contributed by atoms with Crippen LogP contribution in [0.15, 0.2) is 42.5 Å². The minimum absolute atomic E-state index is 0.0165. The summed E-state index contributed by atoms with van der Waals surface area (Å²) in [5.41, 5.74) is 1.80. The summed E-state index contributed by atoms with van der Waals surface area (Å²) in [5.74, 6) is -6.65. The van der Waals surface area contributed by atoms with Crippen molar-refractivity contribution in [2.45, 2.75) is 70.4 Å². The van der Waals surface area contributed by atoms with E-state index >= 15 is 0 Å². The SMILES string of the molecule is [2H][C@@]1(N2Cc3cc(CCC(=O)C(F)(F)c4ccc(C(C)(C)C)cc4)ccc3C2=O)CCC(=O)NC1=O. The van der Waals surface area contributed by atoms with Crippen molar-refractivity contribution in [3.63, 3.8) is 0 Å². The van der Waals surface area contributed by atoms with Crippen LogP contribution >= 0.6 is 0 Å². The van der Waals surface area contributed by atoms with Crippen molar-refractivity contribution in [2.75, 3.05) is 0 Å². The molecule has 1 N–H and O–H groups in total. The molecular formula is C27H28F2N2O4. The highest BCUT2D eigenvalue weighted by atomic mass is 19.3. The van der Waals surface area contributed by atoms with Gasteiger partial charge < -0.3 is 4.90 Å². The Kier molecular flexibility index (Phi) is 5.99. The van der Waals surface area contributed by atoms with Gasteiger partial charge in [-0.1, -0.05) is 57.2 Å². The molecule has 184 valence electrons. The van der Waals surface area contributed by atoms with Crippen LogP contribution in [0.25, 0.3) is 0 Å². The van der Waals surface area contributed by atoms with Crippen LogP contribution in [0.2, 0.25) is 0 Å². The van der Waals surface area contributed by atoms with E-state index in [2.05, 4.69) is 5.32 Å². The maximum absolute atomic E-state index is 14.8. The molecule has 1 atom stereocenters. The van der Waals surface area contributed by atoms with Crippen molar-refractivity contribution in [2.24, 2.45) is 0 Å². The number of piperidine rings is 1. The Labute approximate surface area is 204 Å². The number of halogens is 2. The van der Waals surface area contributed by atoms with E-state index < -0.39 is 41.9 Å². The normalized spacial score (nSPS) is 21.0. The Bertz CT molecular complexity index is 1250. The topological polar surface area (TPSA) is 83.6 Å². The van der Waals surface area contributed by atoms with Crippen molar-refractivity contribution in [3.05, 3.63) is 70.3 Å². The monoisotopic (exact) mass is 483 g/mol. The average molecular weight is 484 g/mol. The Morgan fingerprint density at radius 1 is 1.09 bits per heavy atom. The molecular weight excluding hydrogens is 454 g/mol. The summed E-state index contributed by atoms with van der Waals surface area (Å²) in [7, 11) is 0. The van der Waals surface area contributed by atoms with Crippen molar-refractivity contribution < 1.29 is 29.3 Å². The number of nitrogens with one attached hydrogen (secondary N) is 1. The van der Waals surface area contributed by atoms with Crippen LogP contribution in [0, 0.1) is 0 Å². The second-order valence-electron chi connectivity index (χ2n) is 10.0. The van der Waals surface area contributed by atoms with Crippen molar-refractivity contribution in [1.29, 1.82) is 0 Å². The number of benzene rings is 2. The number of hydrogen-bond donors (Lipinski definition) is 1. The largest absolute Gasteiger partial charge is 0.330 e. The molecule has 2 aliphatic rings. The summed E-state index contributed by atoms with van der Waals surface area (Å²) in [6.07, 6.45) is -0.491. The molecule has 2 heterocycles. The minimum atomic E-state index is -3.62. The van der Waals surface area contributed by atoms with Gasteiger partial charge >= 0.3 is 5.92 Å². The predicted octanol–water partition coefficient (Wildman–Crippen LogP) is 4.04. The summed E-state index contributed by atoms with van der Waals surface area (Å²) in [4.78, 5) is 50.2. The standard InChI is InChI=1S/C27H28F2N2O4/c1-26(2,3)18-6-8-19(9-7-18)27(28,29)22(32)12-5-16-4-10-20-17(14-16)15-31(25(20)35)21-11-13-23(33)30-24(21)34/h4,6-10,14,21H,5,11-13,15H2,1-3H3,(H,30,33,34)/t21-/m1/s1/i21D. The fourth-order valence-corrected chi connectivity index (χ4v) is 4.37. The molecule has 4 rings (SSSR count). The van der Waals surface area contributed by atoms with Crippen LogP contribution < -0.4 is 5.32 Å². The zero-order valence-electron chi connectivity index (χ0n) is 20.9. The van der Waals surface area contributed by atoms with Gasteiger partial charge in [0.25, 0.3) is 5.91 Å². The first-order valence-corrected chi connectivity index (χ1v) is 11.5. The van der Waals surface area contributed by atoms with Gasteiger partial charge in [0.15, 0.2) is 0 Å². The van der Waals surface area contributed by atoms with Gasteiger partial charge in [-0.3, -0.25) is 24.5 Å². The number of nitrogens with zero attached hydrogens (tertiary/aromatic N) is 1. The smallest absolute Gasteiger partial charge is 0.322 e. The van der Waals surface area contributed by atoms with E-state index in [1.807, 2.05) is 20.8 Å². The zero-order chi connectivity index (χ0) is 26.5. The Balaban J connectivity index is 1.44. The lowest BCUT2D eigenvalue weighted by molar-refractivity contribution is -0.144. The molecule has 1 saturated heterocycles. The molecule has 2 aromatic carbocycles. The predicted molar refractivity (Wildman–Crippen MR) is 125 cm³/mol. The third-order valence-electron chi connectivity index (χ3n) is 6.51. The van der Waals surface area contributed by atoms with Gasteiger partial charge in [0.2, 0.25) is 17.6 Å². The number of alkyl halides is 2. The molecule has 6 nitrogen and oxygen atoms in total. The van der Waals surface area contributed by atoms with Gasteiger partial charge in [-0.2, -0.15) is 8.78 Å². The number of rotatable bonds is 6. The summed E-state index contributed by atoms with van der Waals surface area (Å²) in [6.45, 7) is 5.91. The number of hydrogen-bond acceptors (Lipinski definition) is 4. The number of amides is 3. The molecule has 0 aromatic heterocycles. The Morgan fingerprint density at radius 2 is 1.74 bits per heavy atom. The maximum atomic E-state index is 14.8.